The number of amides is 2. The van der Waals surface area contributed by atoms with Crippen LogP contribution in [0, 0.1) is 25.2 Å². The Morgan fingerprint density at radius 1 is 1.37 bits per heavy atom. The Morgan fingerprint density at radius 3 is 2.59 bits per heavy atom. The van der Waals surface area contributed by atoms with E-state index in [1.165, 1.54) is 30.4 Å². The average molecular weight is 380 g/mol. The second-order valence-electron chi connectivity index (χ2n) is 5.82. The number of anilines is 2. The van der Waals surface area contributed by atoms with E-state index >= 15 is 0 Å². The van der Waals surface area contributed by atoms with Crippen LogP contribution in [0.4, 0.5) is 10.8 Å². The van der Waals surface area contributed by atoms with Crippen molar-refractivity contribution in [3.63, 3.8) is 0 Å². The van der Waals surface area contributed by atoms with Crippen LogP contribution in [0.15, 0.2) is 41.8 Å². The molecule has 0 spiro atoms. The van der Waals surface area contributed by atoms with Crippen LogP contribution in [0.5, 0.6) is 0 Å². The van der Waals surface area contributed by atoms with Crippen molar-refractivity contribution in [3.05, 3.63) is 58.6 Å². The monoisotopic (exact) mass is 380 g/mol. The van der Waals surface area contributed by atoms with Crippen LogP contribution < -0.4 is 10.2 Å². The maximum Gasteiger partial charge on any atom is 0.262 e. The van der Waals surface area contributed by atoms with Crippen LogP contribution in [-0.2, 0) is 9.59 Å². The van der Waals surface area contributed by atoms with Gasteiger partial charge < -0.3 is 5.32 Å². The molecule has 0 saturated carbocycles. The molecule has 2 rings (SSSR count). The third kappa shape index (κ3) is 4.68. The molecule has 0 bridgehead atoms. The molecule has 0 atom stereocenters. The van der Waals surface area contributed by atoms with E-state index in [2.05, 4.69) is 16.9 Å². The highest BCUT2D eigenvalue weighted by Gasteiger charge is 2.21. The van der Waals surface area contributed by atoms with E-state index in [0.29, 0.717) is 10.8 Å². The molecule has 0 aliphatic carbocycles. The topological polar surface area (TPSA) is 86.1 Å². The Kier molecular flexibility index (Phi) is 6.63. The summed E-state index contributed by atoms with van der Waals surface area (Å²) in [6, 6.07) is 7.67. The number of nitrogens with zero attached hydrogens (tertiary/aromatic N) is 3. The van der Waals surface area contributed by atoms with E-state index in [-0.39, 0.29) is 18.0 Å². The van der Waals surface area contributed by atoms with Crippen molar-refractivity contribution < 1.29 is 9.59 Å². The molecule has 27 heavy (non-hydrogen) atoms. The van der Waals surface area contributed by atoms with Gasteiger partial charge in [0, 0.05) is 18.8 Å². The Balaban J connectivity index is 2.41. The zero-order chi connectivity index (χ0) is 20.0. The highest BCUT2D eigenvalue weighted by atomic mass is 32.1. The number of thiazole rings is 1. The van der Waals surface area contributed by atoms with Crippen molar-refractivity contribution in [1.82, 2.24) is 10.3 Å². The minimum absolute atomic E-state index is 0.0600. The number of hydrogen-bond acceptors (Lipinski definition) is 5. The summed E-state index contributed by atoms with van der Waals surface area (Å²) in [6.45, 7) is 9.14. The van der Waals surface area contributed by atoms with Crippen molar-refractivity contribution >= 4 is 40.0 Å². The Bertz CT molecular complexity index is 933. The van der Waals surface area contributed by atoms with Crippen LogP contribution in [0.3, 0.4) is 0 Å². The lowest BCUT2D eigenvalue weighted by Crippen LogP contribution is -2.24. The number of para-hydroxylation sites is 1. The van der Waals surface area contributed by atoms with Gasteiger partial charge >= 0.3 is 0 Å². The van der Waals surface area contributed by atoms with E-state index in [4.69, 9.17) is 0 Å². The molecule has 1 N–H and O–H groups in total. The molecule has 7 heteroatoms. The normalized spacial score (nSPS) is 10.8. The predicted molar refractivity (Wildman–Crippen MR) is 108 cm³/mol. The molecule has 2 amide bonds. The summed E-state index contributed by atoms with van der Waals surface area (Å²) < 4.78 is 0. The summed E-state index contributed by atoms with van der Waals surface area (Å²) in [4.78, 5) is 30.3. The van der Waals surface area contributed by atoms with Gasteiger partial charge in [0.25, 0.3) is 5.91 Å². The first-order chi connectivity index (χ1) is 12.9. The molecule has 6 nitrogen and oxygen atoms in total. The summed E-state index contributed by atoms with van der Waals surface area (Å²) in [5.41, 5.74) is 3.09. The van der Waals surface area contributed by atoms with Gasteiger partial charge in [-0.25, -0.2) is 4.98 Å². The van der Waals surface area contributed by atoms with Crippen molar-refractivity contribution in [2.24, 2.45) is 0 Å². The van der Waals surface area contributed by atoms with Crippen LogP contribution in [-0.4, -0.2) is 23.3 Å². The molecule has 1 heterocycles. The average Bonchev–Trinajstić information content (AvgIpc) is 3.08. The van der Waals surface area contributed by atoms with Gasteiger partial charge in [-0.15, -0.1) is 17.9 Å². The first-order valence-corrected chi connectivity index (χ1v) is 9.10. The van der Waals surface area contributed by atoms with E-state index in [1.807, 2.05) is 38.1 Å². The van der Waals surface area contributed by atoms with Crippen LogP contribution >= 0.6 is 11.3 Å². The zero-order valence-corrected chi connectivity index (χ0v) is 16.3. The number of carbonyl (C=O) groups is 2. The van der Waals surface area contributed by atoms with Crippen molar-refractivity contribution in [1.29, 1.82) is 5.26 Å². The minimum atomic E-state index is -0.495. The lowest BCUT2D eigenvalue weighted by atomic mass is 10.1. The molecule has 0 saturated heterocycles. The number of aromatic nitrogens is 1. The van der Waals surface area contributed by atoms with Crippen LogP contribution in [0.1, 0.15) is 23.7 Å². The lowest BCUT2D eigenvalue weighted by molar-refractivity contribution is -0.117. The maximum atomic E-state index is 12.3. The molecule has 0 radical (unpaired) electrons. The van der Waals surface area contributed by atoms with Gasteiger partial charge in [-0.2, -0.15) is 5.26 Å². The van der Waals surface area contributed by atoms with Crippen molar-refractivity contribution in [3.8, 4) is 6.07 Å². The summed E-state index contributed by atoms with van der Waals surface area (Å²) in [5.74, 6) is -0.661. The summed E-state index contributed by atoms with van der Waals surface area (Å²) in [6.07, 6.45) is 2.94. The Hall–Kier alpha value is -3.24. The fourth-order valence-corrected chi connectivity index (χ4v) is 3.38. The highest BCUT2D eigenvalue weighted by Crippen LogP contribution is 2.34. The third-order valence-corrected chi connectivity index (χ3v) is 4.59. The fraction of sp³-hybridized carbons (Fsp3) is 0.200. The van der Waals surface area contributed by atoms with Gasteiger partial charge in [0.05, 0.1) is 11.4 Å². The molecule has 0 aliphatic rings. The molecule has 1 aromatic carbocycles. The van der Waals surface area contributed by atoms with E-state index in [1.54, 1.807) is 10.3 Å². The molecule has 138 valence electrons. The highest BCUT2D eigenvalue weighted by molar-refractivity contribution is 7.14. The number of nitriles is 1. The van der Waals surface area contributed by atoms with Crippen LogP contribution in [0.2, 0.25) is 0 Å². The minimum Gasteiger partial charge on any atom is -0.348 e. The summed E-state index contributed by atoms with van der Waals surface area (Å²) in [5, 5.41) is 14.0. The molecule has 0 unspecified atom stereocenters. The molecule has 0 fully saturated rings. The second-order valence-corrected chi connectivity index (χ2v) is 6.65. The SMILES string of the molecule is C=CCNC(=O)/C(C#N)=C/c1csc(N(C(C)=O)c2c(C)cccc2C)n1. The number of aryl methyl sites for hydroxylation is 2. The second kappa shape index (κ2) is 8.92. The van der Waals surface area contributed by atoms with E-state index in [9.17, 15) is 14.9 Å². The molecule has 2 aromatic rings. The first kappa shape index (κ1) is 20.1. The van der Waals surface area contributed by atoms with E-state index < -0.39 is 5.91 Å². The summed E-state index contributed by atoms with van der Waals surface area (Å²) in [7, 11) is 0. The Morgan fingerprint density at radius 2 is 2.04 bits per heavy atom. The quantitative estimate of drug-likeness (QED) is 0.471. The van der Waals surface area contributed by atoms with Gasteiger partial charge in [0.2, 0.25) is 5.91 Å². The van der Waals surface area contributed by atoms with E-state index in [0.717, 1.165) is 16.8 Å². The van der Waals surface area contributed by atoms with Gasteiger partial charge in [0.1, 0.15) is 11.6 Å². The first-order valence-electron chi connectivity index (χ1n) is 8.22. The summed E-state index contributed by atoms with van der Waals surface area (Å²) >= 11 is 1.27. The van der Waals surface area contributed by atoms with Gasteiger partial charge in [0.15, 0.2) is 5.13 Å². The maximum absolute atomic E-state index is 12.3. The standard InChI is InChI=1S/C20H20N4O2S/c1-5-9-22-19(26)16(11-21)10-17-12-27-20(23-17)24(15(4)25)18-13(2)7-6-8-14(18)3/h5-8,10,12H,1,9H2,2-4H3,(H,22,26)/b16-10+. The third-order valence-electron chi connectivity index (χ3n) is 3.74. The molecular formula is C20H20N4O2S. The molecule has 0 aliphatic heterocycles. The van der Waals surface area contributed by atoms with Gasteiger partial charge in [-0.05, 0) is 31.1 Å². The largest absolute Gasteiger partial charge is 0.348 e. The molecular weight excluding hydrogens is 360 g/mol. The van der Waals surface area contributed by atoms with Gasteiger partial charge in [-0.3, -0.25) is 14.5 Å². The molecule has 1 aromatic heterocycles. The number of hydrogen-bond donors (Lipinski definition) is 1. The number of carbonyl (C=O) groups excluding carboxylic acids is 2. The van der Waals surface area contributed by atoms with Crippen molar-refractivity contribution in [2.45, 2.75) is 20.8 Å². The number of nitrogens with one attached hydrogen (secondary N) is 1. The van der Waals surface area contributed by atoms with Gasteiger partial charge in [-0.1, -0.05) is 24.3 Å². The number of benzene rings is 1. The lowest BCUT2D eigenvalue weighted by Gasteiger charge is -2.22. The van der Waals surface area contributed by atoms with Crippen molar-refractivity contribution in [2.75, 3.05) is 11.4 Å². The smallest absolute Gasteiger partial charge is 0.262 e. The predicted octanol–water partition coefficient (Wildman–Crippen LogP) is 3.65. The fourth-order valence-electron chi connectivity index (χ4n) is 2.55. The van der Waals surface area contributed by atoms with Crippen LogP contribution in [0.25, 0.3) is 6.08 Å². The zero-order valence-electron chi connectivity index (χ0n) is 15.4. The Labute approximate surface area is 162 Å². The number of rotatable bonds is 6.